The third-order valence-corrected chi connectivity index (χ3v) is 4.40. The molecule has 0 unspecified atom stereocenters. The van der Waals surface area contributed by atoms with Crippen molar-refractivity contribution in [3.63, 3.8) is 0 Å². The van der Waals surface area contributed by atoms with E-state index in [1.807, 2.05) is 31.2 Å². The van der Waals surface area contributed by atoms with Gasteiger partial charge in [0.25, 0.3) is 5.91 Å². The summed E-state index contributed by atoms with van der Waals surface area (Å²) in [6.07, 6.45) is 0. The molecule has 1 aliphatic rings. The molecule has 0 bridgehead atoms. The molecule has 0 radical (unpaired) electrons. The van der Waals surface area contributed by atoms with Crippen molar-refractivity contribution >= 4 is 11.9 Å². The zero-order valence-corrected chi connectivity index (χ0v) is 14.0. The number of hydrogen-bond donors (Lipinski definition) is 1. The van der Waals surface area contributed by atoms with Crippen molar-refractivity contribution in [2.24, 2.45) is 0 Å². The van der Waals surface area contributed by atoms with Gasteiger partial charge in [-0.15, -0.1) is 0 Å². The van der Waals surface area contributed by atoms with Gasteiger partial charge in [-0.1, -0.05) is 42.0 Å². The van der Waals surface area contributed by atoms with E-state index >= 15 is 0 Å². The molecule has 1 atom stereocenters. The molecule has 124 valence electrons. The molecule has 0 spiro atoms. The first-order valence-electron chi connectivity index (χ1n) is 7.78. The summed E-state index contributed by atoms with van der Waals surface area (Å²) in [6.45, 7) is 3.99. The maximum Gasteiger partial charge on any atom is 0.325 e. The maximum absolute atomic E-state index is 12.9. The number of carbonyl (C=O) groups is 2. The van der Waals surface area contributed by atoms with Crippen molar-refractivity contribution in [2.75, 3.05) is 7.11 Å². The molecule has 5 heteroatoms. The van der Waals surface area contributed by atoms with E-state index in [9.17, 15) is 9.59 Å². The summed E-state index contributed by atoms with van der Waals surface area (Å²) >= 11 is 0. The lowest BCUT2D eigenvalue weighted by molar-refractivity contribution is -0.131. The van der Waals surface area contributed by atoms with Crippen LogP contribution in [0.3, 0.4) is 0 Å². The average Bonchev–Trinajstić information content (AvgIpc) is 2.81. The lowest BCUT2D eigenvalue weighted by Crippen LogP contribution is -2.40. The molecule has 1 heterocycles. The average molecular weight is 324 g/mol. The molecule has 5 nitrogen and oxygen atoms in total. The normalized spacial score (nSPS) is 20.2. The van der Waals surface area contributed by atoms with E-state index in [1.165, 1.54) is 4.90 Å². The maximum atomic E-state index is 12.9. The summed E-state index contributed by atoms with van der Waals surface area (Å²) in [6, 6.07) is 14.6. The van der Waals surface area contributed by atoms with Crippen molar-refractivity contribution in [1.82, 2.24) is 10.2 Å². The first kappa shape index (κ1) is 16.1. The molecule has 1 fully saturated rings. The number of aryl methyl sites for hydroxylation is 1. The third-order valence-electron chi connectivity index (χ3n) is 4.40. The minimum absolute atomic E-state index is 0.252. The minimum atomic E-state index is -1.06. The number of imide groups is 1. The summed E-state index contributed by atoms with van der Waals surface area (Å²) in [5, 5.41) is 2.81. The Balaban J connectivity index is 1.85. The zero-order valence-electron chi connectivity index (χ0n) is 14.0. The standard InChI is InChI=1S/C19H20N2O3/c1-13-4-6-14(7-5-13)12-21-17(22)19(2,20-18(21)23)15-8-10-16(24-3)11-9-15/h4-11H,12H2,1-3H3,(H,20,23)/t19-/m1/s1. The van der Waals surface area contributed by atoms with E-state index in [4.69, 9.17) is 4.74 Å². The Hall–Kier alpha value is -2.82. The van der Waals surface area contributed by atoms with Crippen LogP contribution in [0.1, 0.15) is 23.6 Å². The van der Waals surface area contributed by atoms with Crippen LogP contribution in [0, 0.1) is 6.92 Å². The van der Waals surface area contributed by atoms with Gasteiger partial charge in [0.15, 0.2) is 0 Å². The van der Waals surface area contributed by atoms with Crippen LogP contribution in [0.5, 0.6) is 5.75 Å². The first-order chi connectivity index (χ1) is 11.4. The lowest BCUT2D eigenvalue weighted by atomic mass is 9.92. The Bertz CT molecular complexity index is 768. The largest absolute Gasteiger partial charge is 0.497 e. The molecule has 1 N–H and O–H groups in total. The number of ether oxygens (including phenoxy) is 1. The number of carbonyl (C=O) groups excluding carboxylic acids is 2. The van der Waals surface area contributed by atoms with Gasteiger partial charge in [-0.3, -0.25) is 9.69 Å². The van der Waals surface area contributed by atoms with E-state index < -0.39 is 5.54 Å². The zero-order chi connectivity index (χ0) is 17.3. The van der Waals surface area contributed by atoms with Gasteiger partial charge >= 0.3 is 6.03 Å². The molecule has 2 aromatic rings. The fraction of sp³-hybridized carbons (Fsp3) is 0.263. The Morgan fingerprint density at radius 1 is 1.04 bits per heavy atom. The predicted molar refractivity (Wildman–Crippen MR) is 90.6 cm³/mol. The Morgan fingerprint density at radius 2 is 1.67 bits per heavy atom. The lowest BCUT2D eigenvalue weighted by Gasteiger charge is -2.22. The monoisotopic (exact) mass is 324 g/mol. The van der Waals surface area contributed by atoms with Crippen LogP contribution in [0.2, 0.25) is 0 Å². The van der Waals surface area contributed by atoms with Crippen LogP contribution in [0.25, 0.3) is 0 Å². The van der Waals surface area contributed by atoms with E-state index in [0.717, 1.165) is 16.7 Å². The van der Waals surface area contributed by atoms with Crippen molar-refractivity contribution in [2.45, 2.75) is 25.9 Å². The number of amides is 3. The number of hydrogen-bond acceptors (Lipinski definition) is 3. The number of nitrogens with one attached hydrogen (secondary N) is 1. The Labute approximate surface area is 141 Å². The van der Waals surface area contributed by atoms with Gasteiger partial charge in [-0.05, 0) is 37.1 Å². The van der Waals surface area contributed by atoms with Gasteiger partial charge in [0.2, 0.25) is 0 Å². The topological polar surface area (TPSA) is 58.6 Å². The molecule has 24 heavy (non-hydrogen) atoms. The molecular weight excluding hydrogens is 304 g/mol. The second-order valence-electron chi connectivity index (χ2n) is 6.16. The minimum Gasteiger partial charge on any atom is -0.497 e. The summed E-state index contributed by atoms with van der Waals surface area (Å²) in [7, 11) is 1.59. The van der Waals surface area contributed by atoms with Crippen LogP contribution in [0.4, 0.5) is 4.79 Å². The highest BCUT2D eigenvalue weighted by atomic mass is 16.5. The van der Waals surface area contributed by atoms with Gasteiger partial charge in [0, 0.05) is 0 Å². The smallest absolute Gasteiger partial charge is 0.325 e. The molecule has 3 amide bonds. The van der Waals surface area contributed by atoms with Gasteiger partial charge in [-0.2, -0.15) is 0 Å². The third kappa shape index (κ3) is 2.73. The number of nitrogens with zero attached hydrogens (tertiary/aromatic N) is 1. The first-order valence-corrected chi connectivity index (χ1v) is 7.78. The van der Waals surface area contributed by atoms with Crippen molar-refractivity contribution in [3.8, 4) is 5.75 Å². The Kier molecular flexibility index (Phi) is 4.01. The highest BCUT2D eigenvalue weighted by Crippen LogP contribution is 2.30. The number of urea groups is 1. The van der Waals surface area contributed by atoms with Gasteiger partial charge < -0.3 is 10.1 Å². The molecule has 0 aromatic heterocycles. The van der Waals surface area contributed by atoms with Gasteiger partial charge in [0.05, 0.1) is 13.7 Å². The number of benzene rings is 2. The van der Waals surface area contributed by atoms with Crippen LogP contribution in [-0.2, 0) is 16.9 Å². The molecule has 2 aromatic carbocycles. The predicted octanol–water partition coefficient (Wildman–Crippen LogP) is 2.97. The van der Waals surface area contributed by atoms with Crippen LogP contribution < -0.4 is 10.1 Å². The molecule has 0 saturated carbocycles. The fourth-order valence-electron chi connectivity index (χ4n) is 2.84. The molecule has 1 aliphatic heterocycles. The second kappa shape index (κ2) is 6.00. The van der Waals surface area contributed by atoms with E-state index in [1.54, 1.807) is 38.3 Å². The number of methoxy groups -OCH3 is 1. The van der Waals surface area contributed by atoms with Crippen molar-refractivity contribution in [1.29, 1.82) is 0 Å². The molecule has 1 saturated heterocycles. The summed E-state index contributed by atoms with van der Waals surface area (Å²) < 4.78 is 5.14. The summed E-state index contributed by atoms with van der Waals surface area (Å²) in [5.41, 5.74) is 1.73. The van der Waals surface area contributed by atoms with Gasteiger partial charge in [-0.25, -0.2) is 4.79 Å². The van der Waals surface area contributed by atoms with E-state index in [-0.39, 0.29) is 18.5 Å². The molecule has 3 rings (SSSR count). The molecule has 0 aliphatic carbocycles. The van der Waals surface area contributed by atoms with Crippen LogP contribution >= 0.6 is 0 Å². The molecular formula is C19H20N2O3. The number of rotatable bonds is 4. The highest BCUT2D eigenvalue weighted by molar-refractivity contribution is 6.07. The van der Waals surface area contributed by atoms with E-state index in [0.29, 0.717) is 5.75 Å². The van der Waals surface area contributed by atoms with Crippen LogP contribution in [-0.4, -0.2) is 23.9 Å². The summed E-state index contributed by atoms with van der Waals surface area (Å²) in [4.78, 5) is 26.5. The Morgan fingerprint density at radius 3 is 2.25 bits per heavy atom. The summed E-state index contributed by atoms with van der Waals surface area (Å²) in [5.74, 6) is 0.453. The quantitative estimate of drug-likeness (QED) is 0.880. The van der Waals surface area contributed by atoms with E-state index in [2.05, 4.69) is 5.32 Å². The highest BCUT2D eigenvalue weighted by Gasteiger charge is 2.48. The second-order valence-corrected chi connectivity index (χ2v) is 6.16. The van der Waals surface area contributed by atoms with Crippen molar-refractivity contribution in [3.05, 3.63) is 65.2 Å². The fourth-order valence-corrected chi connectivity index (χ4v) is 2.84. The SMILES string of the molecule is COc1ccc([C@@]2(C)NC(=O)N(Cc3ccc(C)cc3)C2=O)cc1. The van der Waals surface area contributed by atoms with Crippen LogP contribution in [0.15, 0.2) is 48.5 Å². The van der Waals surface area contributed by atoms with Gasteiger partial charge in [0.1, 0.15) is 11.3 Å². The van der Waals surface area contributed by atoms with Crippen molar-refractivity contribution < 1.29 is 14.3 Å².